The fraction of sp³-hybridized carbons (Fsp3) is 0.240. The first-order chi connectivity index (χ1) is 16.4. The first-order valence-corrected chi connectivity index (χ1v) is 13.8. The van der Waals surface area contributed by atoms with E-state index in [1.807, 2.05) is 0 Å². The second kappa shape index (κ2) is 10.1. The Kier molecular flexibility index (Phi) is 7.56. The van der Waals surface area contributed by atoms with Gasteiger partial charge in [0.15, 0.2) is 0 Å². The summed E-state index contributed by atoms with van der Waals surface area (Å²) in [6.07, 6.45) is 0. The van der Waals surface area contributed by atoms with E-state index in [-0.39, 0.29) is 22.0 Å². The summed E-state index contributed by atoms with van der Waals surface area (Å²) < 4.78 is 56.2. The SMILES string of the molecule is CCN(c1c(C)cc(C)c(N(CC(=O)O)S(=O)(=O)c2ccccc2)c1C)S(=O)(=O)c1ccccc1. The summed E-state index contributed by atoms with van der Waals surface area (Å²) in [6, 6.07) is 17.2. The summed E-state index contributed by atoms with van der Waals surface area (Å²) >= 11 is 0. The molecule has 0 atom stereocenters. The lowest BCUT2D eigenvalue weighted by atomic mass is 10.0. The number of benzene rings is 3. The van der Waals surface area contributed by atoms with E-state index in [9.17, 15) is 26.7 Å². The highest BCUT2D eigenvalue weighted by Gasteiger charge is 2.33. The van der Waals surface area contributed by atoms with Crippen LogP contribution in [-0.2, 0) is 24.8 Å². The molecule has 0 amide bonds. The number of aryl methyl sites for hydroxylation is 2. The molecule has 0 spiro atoms. The van der Waals surface area contributed by atoms with Gasteiger partial charge in [-0.3, -0.25) is 13.4 Å². The highest BCUT2D eigenvalue weighted by Crippen LogP contribution is 2.40. The summed E-state index contributed by atoms with van der Waals surface area (Å²) in [5, 5.41) is 9.58. The lowest BCUT2D eigenvalue weighted by Crippen LogP contribution is -2.38. The molecular weight excluding hydrogens is 488 g/mol. The normalized spacial score (nSPS) is 11.8. The summed E-state index contributed by atoms with van der Waals surface area (Å²) in [6.45, 7) is 5.99. The van der Waals surface area contributed by atoms with Gasteiger partial charge in [-0.25, -0.2) is 16.8 Å². The largest absolute Gasteiger partial charge is 0.480 e. The van der Waals surface area contributed by atoms with Gasteiger partial charge in [-0.05, 0) is 68.7 Å². The zero-order valence-corrected chi connectivity index (χ0v) is 21.6. The van der Waals surface area contributed by atoms with Gasteiger partial charge < -0.3 is 5.11 Å². The Balaban J connectivity index is 2.30. The maximum atomic E-state index is 13.6. The van der Waals surface area contributed by atoms with Crippen LogP contribution in [-0.4, -0.2) is 41.0 Å². The molecular formula is C25H28N2O6S2. The van der Waals surface area contributed by atoms with Crippen molar-refractivity contribution in [2.75, 3.05) is 21.7 Å². The molecule has 0 saturated carbocycles. The van der Waals surface area contributed by atoms with Crippen LogP contribution in [0.2, 0.25) is 0 Å². The molecule has 0 aromatic heterocycles. The molecule has 0 heterocycles. The first kappa shape index (κ1) is 26.2. The molecule has 0 fully saturated rings. The minimum absolute atomic E-state index is 0.0635. The number of carboxylic acid groups (broad SMARTS) is 1. The Labute approximate surface area is 206 Å². The number of aliphatic carboxylic acids is 1. The topological polar surface area (TPSA) is 112 Å². The Hall–Kier alpha value is -3.37. The predicted molar refractivity (Wildman–Crippen MR) is 136 cm³/mol. The van der Waals surface area contributed by atoms with E-state index in [2.05, 4.69) is 0 Å². The molecule has 186 valence electrons. The molecule has 10 heteroatoms. The second-order valence-electron chi connectivity index (χ2n) is 8.03. The molecule has 8 nitrogen and oxygen atoms in total. The number of hydrogen-bond acceptors (Lipinski definition) is 5. The second-order valence-corrected chi connectivity index (χ2v) is 11.8. The van der Waals surface area contributed by atoms with E-state index in [0.29, 0.717) is 22.4 Å². The van der Waals surface area contributed by atoms with Gasteiger partial charge in [0, 0.05) is 6.54 Å². The highest BCUT2D eigenvalue weighted by molar-refractivity contribution is 7.93. The van der Waals surface area contributed by atoms with Crippen LogP contribution in [0.1, 0.15) is 23.6 Å². The fourth-order valence-corrected chi connectivity index (χ4v) is 7.40. The van der Waals surface area contributed by atoms with E-state index in [0.717, 1.165) is 4.31 Å². The fourth-order valence-electron chi connectivity index (χ4n) is 4.23. The average Bonchev–Trinajstić information content (AvgIpc) is 2.81. The van der Waals surface area contributed by atoms with Crippen LogP contribution in [0.5, 0.6) is 0 Å². The predicted octanol–water partition coefficient (Wildman–Crippen LogP) is 4.11. The molecule has 0 unspecified atom stereocenters. The Morgan fingerprint density at radius 2 is 1.14 bits per heavy atom. The molecule has 3 aromatic rings. The maximum absolute atomic E-state index is 13.6. The van der Waals surface area contributed by atoms with Crippen molar-refractivity contribution in [3.05, 3.63) is 83.4 Å². The van der Waals surface area contributed by atoms with Gasteiger partial charge in [0.25, 0.3) is 20.0 Å². The number of hydrogen-bond donors (Lipinski definition) is 1. The third-order valence-electron chi connectivity index (χ3n) is 5.62. The van der Waals surface area contributed by atoms with Crippen LogP contribution in [0.3, 0.4) is 0 Å². The monoisotopic (exact) mass is 516 g/mol. The minimum atomic E-state index is -4.26. The van der Waals surface area contributed by atoms with E-state index in [4.69, 9.17) is 0 Å². The van der Waals surface area contributed by atoms with Gasteiger partial charge in [-0.15, -0.1) is 0 Å². The van der Waals surface area contributed by atoms with E-state index in [1.165, 1.54) is 28.6 Å². The number of anilines is 2. The van der Waals surface area contributed by atoms with Crippen LogP contribution in [0.15, 0.2) is 76.5 Å². The number of rotatable bonds is 9. The molecule has 35 heavy (non-hydrogen) atoms. The van der Waals surface area contributed by atoms with Crippen molar-refractivity contribution in [3.8, 4) is 0 Å². The number of sulfonamides is 2. The molecule has 0 aliphatic carbocycles. The van der Waals surface area contributed by atoms with Crippen LogP contribution in [0, 0.1) is 20.8 Å². The lowest BCUT2D eigenvalue weighted by molar-refractivity contribution is -0.135. The number of nitrogens with zero attached hydrogens (tertiary/aromatic N) is 2. The van der Waals surface area contributed by atoms with E-state index in [1.54, 1.807) is 70.2 Å². The van der Waals surface area contributed by atoms with E-state index >= 15 is 0 Å². The molecule has 0 saturated heterocycles. The standard InChI is InChI=1S/C25H28N2O6S2/c1-5-26(34(30,31)21-12-8-6-9-13-21)24-18(2)16-19(3)25(20(24)4)27(17-23(28)29)35(32,33)22-14-10-7-11-15-22/h6-16H,5,17H2,1-4H3,(H,28,29). The molecule has 0 aliphatic heterocycles. The molecule has 0 bridgehead atoms. The van der Waals surface area contributed by atoms with Gasteiger partial charge in [0.05, 0.1) is 21.2 Å². The van der Waals surface area contributed by atoms with Gasteiger partial charge in [0.1, 0.15) is 6.54 Å². The van der Waals surface area contributed by atoms with Gasteiger partial charge in [-0.2, -0.15) is 0 Å². The van der Waals surface area contributed by atoms with Crippen molar-refractivity contribution in [3.63, 3.8) is 0 Å². The summed E-state index contributed by atoms with van der Waals surface area (Å²) in [5.41, 5.74) is 1.94. The summed E-state index contributed by atoms with van der Waals surface area (Å²) in [4.78, 5) is 11.8. The highest BCUT2D eigenvalue weighted by atomic mass is 32.2. The van der Waals surface area contributed by atoms with Crippen LogP contribution in [0.25, 0.3) is 0 Å². The van der Waals surface area contributed by atoms with Crippen molar-refractivity contribution >= 4 is 37.4 Å². The average molecular weight is 517 g/mol. The van der Waals surface area contributed by atoms with Gasteiger partial charge in [0.2, 0.25) is 0 Å². The molecule has 3 rings (SSSR count). The maximum Gasteiger partial charge on any atom is 0.324 e. The smallest absolute Gasteiger partial charge is 0.324 e. The third kappa shape index (κ3) is 5.03. The van der Waals surface area contributed by atoms with Crippen molar-refractivity contribution in [2.24, 2.45) is 0 Å². The van der Waals surface area contributed by atoms with Gasteiger partial charge >= 0.3 is 5.97 Å². The minimum Gasteiger partial charge on any atom is -0.480 e. The molecule has 0 aliphatic rings. The quantitative estimate of drug-likeness (QED) is 0.458. The number of carboxylic acids is 1. The molecule has 1 N–H and O–H groups in total. The lowest BCUT2D eigenvalue weighted by Gasteiger charge is -2.32. The Bertz CT molecular complexity index is 1440. The van der Waals surface area contributed by atoms with Crippen LogP contribution < -0.4 is 8.61 Å². The third-order valence-corrected chi connectivity index (χ3v) is 9.27. The number of carbonyl (C=O) groups is 1. The summed E-state index contributed by atoms with van der Waals surface area (Å²) in [7, 11) is -8.23. The molecule has 3 aromatic carbocycles. The molecule has 0 radical (unpaired) electrons. The summed E-state index contributed by atoms with van der Waals surface area (Å²) in [5.74, 6) is -1.34. The van der Waals surface area contributed by atoms with Crippen LogP contribution >= 0.6 is 0 Å². The van der Waals surface area contributed by atoms with Crippen molar-refractivity contribution in [1.82, 2.24) is 0 Å². The van der Waals surface area contributed by atoms with Crippen molar-refractivity contribution in [1.29, 1.82) is 0 Å². The Morgan fingerprint density at radius 3 is 1.54 bits per heavy atom. The zero-order valence-electron chi connectivity index (χ0n) is 20.0. The first-order valence-electron chi connectivity index (χ1n) is 10.9. The van der Waals surface area contributed by atoms with E-state index < -0.39 is 32.6 Å². The zero-order chi connectivity index (χ0) is 26.0. The Morgan fingerprint density at radius 1 is 0.743 bits per heavy atom. The van der Waals surface area contributed by atoms with Gasteiger partial charge in [-0.1, -0.05) is 42.5 Å². The van der Waals surface area contributed by atoms with Crippen LogP contribution in [0.4, 0.5) is 11.4 Å². The van der Waals surface area contributed by atoms with Crippen molar-refractivity contribution in [2.45, 2.75) is 37.5 Å². The van der Waals surface area contributed by atoms with Crippen molar-refractivity contribution < 1.29 is 26.7 Å².